The van der Waals surface area contributed by atoms with Crippen molar-refractivity contribution in [1.29, 1.82) is 0 Å². The normalized spacial score (nSPS) is 10.7. The molecule has 0 bridgehead atoms. The van der Waals surface area contributed by atoms with Crippen molar-refractivity contribution < 1.29 is 18.8 Å². The monoisotopic (exact) mass is 422 g/mol. The number of esters is 1. The first kappa shape index (κ1) is 19.9. The van der Waals surface area contributed by atoms with Gasteiger partial charge in [0.1, 0.15) is 17.0 Å². The van der Waals surface area contributed by atoms with Gasteiger partial charge in [-0.2, -0.15) is 0 Å². The van der Waals surface area contributed by atoms with E-state index in [4.69, 9.17) is 14.0 Å². The Bertz CT molecular complexity index is 1330. The van der Waals surface area contributed by atoms with Crippen molar-refractivity contribution in [1.82, 2.24) is 19.7 Å². The van der Waals surface area contributed by atoms with E-state index in [2.05, 4.69) is 25.8 Å². The fourth-order valence-electron chi connectivity index (χ4n) is 3.02. The number of anilines is 3. The maximum absolute atomic E-state index is 13.1. The predicted molar refractivity (Wildman–Crippen MR) is 112 cm³/mol. The van der Waals surface area contributed by atoms with Crippen molar-refractivity contribution >= 4 is 34.2 Å². The first-order valence-electron chi connectivity index (χ1n) is 9.12. The Morgan fingerprint density at radius 2 is 2.00 bits per heavy atom. The van der Waals surface area contributed by atoms with E-state index in [9.17, 15) is 9.59 Å². The standard InChI is InChI=1S/C20H18N6O5/c1-21-12-10-14(24-16-15(12)25-31-17(16)20(28)30-3)23-11-6-5-9-26(19(11)27)18-13(29-2)7-4-8-22-18/h4-10,21H,1-3H3,(H,23,24). The lowest BCUT2D eigenvalue weighted by atomic mass is 10.2. The summed E-state index contributed by atoms with van der Waals surface area (Å²) >= 11 is 0. The number of hydrogen-bond acceptors (Lipinski definition) is 10. The summed E-state index contributed by atoms with van der Waals surface area (Å²) < 4.78 is 16.5. The van der Waals surface area contributed by atoms with E-state index in [1.54, 1.807) is 49.8 Å². The second-order valence-electron chi connectivity index (χ2n) is 6.26. The highest BCUT2D eigenvalue weighted by Crippen LogP contribution is 2.28. The van der Waals surface area contributed by atoms with Crippen molar-refractivity contribution in [2.75, 3.05) is 31.9 Å². The summed E-state index contributed by atoms with van der Waals surface area (Å²) in [7, 11) is 4.42. The number of rotatable bonds is 6. The van der Waals surface area contributed by atoms with E-state index in [-0.39, 0.29) is 22.5 Å². The van der Waals surface area contributed by atoms with Crippen LogP contribution in [0.3, 0.4) is 0 Å². The van der Waals surface area contributed by atoms with E-state index in [0.717, 1.165) is 0 Å². The Labute approximate surface area is 175 Å². The van der Waals surface area contributed by atoms with Gasteiger partial charge >= 0.3 is 5.97 Å². The Hall–Kier alpha value is -4.41. The minimum Gasteiger partial charge on any atom is -0.493 e. The molecule has 0 spiro atoms. The Balaban J connectivity index is 1.80. The molecule has 0 unspecified atom stereocenters. The third-order valence-corrected chi connectivity index (χ3v) is 4.49. The summed E-state index contributed by atoms with van der Waals surface area (Å²) in [5, 5.41) is 9.84. The van der Waals surface area contributed by atoms with Crippen LogP contribution < -0.4 is 20.9 Å². The summed E-state index contributed by atoms with van der Waals surface area (Å²) in [5.74, 6) is 0.254. The molecule has 158 valence electrons. The Morgan fingerprint density at radius 3 is 2.74 bits per heavy atom. The lowest BCUT2D eigenvalue weighted by Crippen LogP contribution is -2.21. The zero-order chi connectivity index (χ0) is 22.0. The zero-order valence-electron chi connectivity index (χ0n) is 16.9. The summed E-state index contributed by atoms with van der Waals surface area (Å²) in [4.78, 5) is 33.7. The molecule has 4 aromatic rings. The number of aromatic nitrogens is 4. The van der Waals surface area contributed by atoms with Gasteiger partial charge in [0.05, 0.1) is 19.9 Å². The maximum Gasteiger partial charge on any atom is 0.379 e. The van der Waals surface area contributed by atoms with E-state index < -0.39 is 5.97 Å². The Morgan fingerprint density at radius 1 is 1.16 bits per heavy atom. The second kappa shape index (κ2) is 8.14. The predicted octanol–water partition coefficient (Wildman–Crippen LogP) is 2.35. The number of nitrogens with one attached hydrogen (secondary N) is 2. The largest absolute Gasteiger partial charge is 0.493 e. The smallest absolute Gasteiger partial charge is 0.379 e. The van der Waals surface area contributed by atoms with Crippen LogP contribution in [0.25, 0.3) is 16.9 Å². The zero-order valence-corrected chi connectivity index (χ0v) is 16.9. The van der Waals surface area contributed by atoms with E-state index in [1.807, 2.05) is 0 Å². The molecule has 0 saturated heterocycles. The summed E-state index contributed by atoms with van der Waals surface area (Å²) in [6.45, 7) is 0. The third-order valence-electron chi connectivity index (χ3n) is 4.49. The van der Waals surface area contributed by atoms with Crippen LogP contribution in [0.2, 0.25) is 0 Å². The quantitative estimate of drug-likeness (QED) is 0.446. The van der Waals surface area contributed by atoms with Gasteiger partial charge in [-0.1, -0.05) is 5.16 Å². The van der Waals surface area contributed by atoms with Crippen LogP contribution in [0.5, 0.6) is 5.75 Å². The van der Waals surface area contributed by atoms with Crippen LogP contribution in [0.1, 0.15) is 10.6 Å². The summed E-state index contributed by atoms with van der Waals surface area (Å²) in [6.07, 6.45) is 3.16. The van der Waals surface area contributed by atoms with Crippen LogP contribution in [-0.2, 0) is 4.74 Å². The first-order valence-corrected chi connectivity index (χ1v) is 9.12. The van der Waals surface area contributed by atoms with Gasteiger partial charge in [0, 0.05) is 25.5 Å². The lowest BCUT2D eigenvalue weighted by Gasteiger charge is -2.12. The highest BCUT2D eigenvalue weighted by molar-refractivity contribution is 6.03. The molecule has 31 heavy (non-hydrogen) atoms. The number of hydrogen-bond donors (Lipinski definition) is 2. The SMILES string of the molecule is CNc1cc(Nc2cccn(-c3ncccc3OC)c2=O)nc2c(C(=O)OC)onc12. The molecule has 4 aromatic heterocycles. The molecule has 0 aromatic carbocycles. The van der Waals surface area contributed by atoms with E-state index in [1.165, 1.54) is 18.8 Å². The molecule has 4 rings (SSSR count). The van der Waals surface area contributed by atoms with Gasteiger partial charge < -0.3 is 24.6 Å². The first-order chi connectivity index (χ1) is 15.1. The van der Waals surface area contributed by atoms with Crippen LogP contribution >= 0.6 is 0 Å². The molecule has 11 nitrogen and oxygen atoms in total. The minimum atomic E-state index is -0.710. The second-order valence-corrected chi connectivity index (χ2v) is 6.26. The average molecular weight is 422 g/mol. The number of nitrogens with zero attached hydrogens (tertiary/aromatic N) is 4. The molecular formula is C20H18N6O5. The van der Waals surface area contributed by atoms with Gasteiger partial charge in [-0.15, -0.1) is 0 Å². The number of fused-ring (bicyclic) bond motifs is 1. The summed E-state index contributed by atoms with van der Waals surface area (Å²) in [6, 6.07) is 8.36. The van der Waals surface area contributed by atoms with Gasteiger partial charge in [-0.05, 0) is 24.3 Å². The van der Waals surface area contributed by atoms with Gasteiger partial charge in [0.15, 0.2) is 17.1 Å². The third kappa shape index (κ3) is 3.52. The fraction of sp³-hybridized carbons (Fsp3) is 0.150. The van der Waals surface area contributed by atoms with Crippen LogP contribution in [-0.4, -0.2) is 46.9 Å². The Kier molecular flexibility index (Phi) is 5.22. The lowest BCUT2D eigenvalue weighted by molar-refractivity contribution is 0.0557. The molecular weight excluding hydrogens is 404 g/mol. The molecule has 0 fully saturated rings. The van der Waals surface area contributed by atoms with Crippen LogP contribution in [0.15, 0.2) is 52.0 Å². The highest BCUT2D eigenvalue weighted by Gasteiger charge is 2.22. The number of ether oxygens (including phenoxy) is 2. The van der Waals surface area contributed by atoms with Gasteiger partial charge in [-0.25, -0.2) is 14.8 Å². The maximum atomic E-state index is 13.1. The molecule has 2 N–H and O–H groups in total. The topological polar surface area (TPSA) is 133 Å². The van der Waals surface area contributed by atoms with Crippen molar-refractivity contribution in [2.45, 2.75) is 0 Å². The van der Waals surface area contributed by atoms with E-state index in [0.29, 0.717) is 28.6 Å². The number of carbonyl (C=O) groups excluding carboxylic acids is 1. The van der Waals surface area contributed by atoms with Gasteiger partial charge in [-0.3, -0.25) is 9.36 Å². The summed E-state index contributed by atoms with van der Waals surface area (Å²) in [5.41, 5.74) is 0.973. The van der Waals surface area contributed by atoms with Crippen molar-refractivity contribution in [2.24, 2.45) is 0 Å². The minimum absolute atomic E-state index is 0.138. The van der Waals surface area contributed by atoms with Crippen molar-refractivity contribution in [3.8, 4) is 11.6 Å². The van der Waals surface area contributed by atoms with E-state index >= 15 is 0 Å². The molecule has 0 saturated carbocycles. The number of pyridine rings is 3. The molecule has 0 amide bonds. The van der Waals surface area contributed by atoms with Crippen LogP contribution in [0, 0.1) is 0 Å². The molecule has 4 heterocycles. The average Bonchev–Trinajstić information content (AvgIpc) is 3.23. The molecule has 11 heteroatoms. The van der Waals surface area contributed by atoms with Crippen molar-refractivity contribution in [3.63, 3.8) is 0 Å². The van der Waals surface area contributed by atoms with Gasteiger partial charge in [0.25, 0.3) is 11.3 Å². The molecule has 0 aliphatic rings. The molecule has 0 aliphatic heterocycles. The van der Waals surface area contributed by atoms with Crippen molar-refractivity contribution in [3.05, 3.63) is 58.8 Å². The number of methoxy groups -OCH3 is 2. The van der Waals surface area contributed by atoms with Gasteiger partial charge in [0.2, 0.25) is 0 Å². The number of carbonyl (C=O) groups is 1. The fourth-order valence-corrected chi connectivity index (χ4v) is 3.02. The molecule has 0 atom stereocenters. The highest BCUT2D eigenvalue weighted by atomic mass is 16.5. The van der Waals surface area contributed by atoms with Crippen LogP contribution in [0.4, 0.5) is 17.2 Å². The molecule has 0 aliphatic carbocycles. The molecule has 0 radical (unpaired) electrons.